The van der Waals surface area contributed by atoms with E-state index in [1.807, 2.05) is 13.8 Å². The summed E-state index contributed by atoms with van der Waals surface area (Å²) in [6, 6.07) is 7.01. The number of hydrogen-bond acceptors (Lipinski definition) is 8. The molecule has 0 saturated carbocycles. The second kappa shape index (κ2) is 8.24. The van der Waals surface area contributed by atoms with E-state index in [2.05, 4.69) is 31.9 Å². The molecule has 0 spiro atoms. The van der Waals surface area contributed by atoms with Crippen LogP contribution < -0.4 is 21.1 Å². The lowest BCUT2D eigenvalue weighted by atomic mass is 10.1. The van der Waals surface area contributed by atoms with Crippen molar-refractivity contribution in [1.29, 1.82) is 0 Å². The van der Waals surface area contributed by atoms with Crippen LogP contribution >= 0.6 is 0 Å². The molecule has 1 aromatic heterocycles. The van der Waals surface area contributed by atoms with Crippen LogP contribution in [0.4, 0.5) is 11.8 Å². The van der Waals surface area contributed by atoms with E-state index in [-0.39, 0.29) is 11.6 Å². The third-order valence-electron chi connectivity index (χ3n) is 4.19. The van der Waals surface area contributed by atoms with Crippen molar-refractivity contribution in [3.05, 3.63) is 41.6 Å². The molecule has 0 atom stereocenters. The van der Waals surface area contributed by atoms with Crippen LogP contribution in [0, 0.1) is 0 Å². The van der Waals surface area contributed by atoms with Crippen LogP contribution in [-0.2, 0) is 15.8 Å². The third-order valence-corrected chi connectivity index (χ3v) is 5.34. The molecule has 0 bridgehead atoms. The summed E-state index contributed by atoms with van der Waals surface area (Å²) in [5, 5.41) is 6.49. The Morgan fingerprint density at radius 1 is 1.28 bits per heavy atom. The molecule has 0 fully saturated rings. The van der Waals surface area contributed by atoms with Crippen molar-refractivity contribution in [3.63, 3.8) is 0 Å². The minimum atomic E-state index is -3.58. The van der Waals surface area contributed by atoms with Gasteiger partial charge in [0, 0.05) is 12.7 Å². The number of amidine groups is 1. The number of ether oxygens (including phenoxy) is 1. The normalized spacial score (nSPS) is 15.2. The fourth-order valence-electron chi connectivity index (χ4n) is 2.92. The average molecular weight is 419 g/mol. The number of rotatable bonds is 8. The fourth-order valence-corrected chi connectivity index (χ4v) is 4.01. The zero-order valence-electron chi connectivity index (χ0n) is 16.8. The first-order valence-electron chi connectivity index (χ1n) is 9.37. The lowest BCUT2D eigenvalue weighted by Crippen LogP contribution is -2.38. The van der Waals surface area contributed by atoms with Crippen molar-refractivity contribution >= 4 is 27.6 Å². The molecular weight excluding hydrogens is 392 g/mol. The predicted molar refractivity (Wildman–Crippen MR) is 114 cm³/mol. The Bertz CT molecular complexity index is 1020. The number of fused-ring (bicyclic) bond motifs is 1. The van der Waals surface area contributed by atoms with Gasteiger partial charge in [-0.1, -0.05) is 19.1 Å². The van der Waals surface area contributed by atoms with Crippen LogP contribution in [0.5, 0.6) is 5.75 Å². The highest BCUT2D eigenvalue weighted by Gasteiger charge is 2.26. The minimum Gasteiger partial charge on any atom is -0.490 e. The molecule has 0 saturated heterocycles. The lowest BCUT2D eigenvalue weighted by Gasteiger charge is -2.28. The number of anilines is 2. The zero-order valence-corrected chi connectivity index (χ0v) is 17.6. The smallest absolute Gasteiger partial charge is 0.259 e. The molecule has 2 heterocycles. The van der Waals surface area contributed by atoms with Gasteiger partial charge in [0.15, 0.2) is 0 Å². The summed E-state index contributed by atoms with van der Waals surface area (Å²) in [4.78, 5) is 8.65. The number of hydrogen-bond donors (Lipinski definition) is 3. The van der Waals surface area contributed by atoms with Crippen LogP contribution in [0.25, 0.3) is 0 Å². The first kappa shape index (κ1) is 20.8. The van der Waals surface area contributed by atoms with Crippen LogP contribution in [0.2, 0.25) is 0 Å². The Kier molecular flexibility index (Phi) is 5.92. The van der Waals surface area contributed by atoms with E-state index in [1.54, 1.807) is 30.5 Å². The van der Waals surface area contributed by atoms with Crippen molar-refractivity contribution < 1.29 is 13.2 Å². The lowest BCUT2D eigenvalue weighted by molar-refractivity contribution is 0.255. The van der Waals surface area contributed by atoms with E-state index in [9.17, 15) is 8.42 Å². The maximum atomic E-state index is 11.8. The molecule has 1 aliphatic heterocycles. The Hall–Kier alpha value is -2.88. The van der Waals surface area contributed by atoms with Crippen molar-refractivity contribution in [2.75, 3.05) is 23.8 Å². The van der Waals surface area contributed by atoms with Crippen LogP contribution in [-0.4, -0.2) is 42.9 Å². The largest absolute Gasteiger partial charge is 0.490 e. The maximum Gasteiger partial charge on any atom is 0.259 e. The Morgan fingerprint density at radius 3 is 2.83 bits per heavy atom. The SMILES string of the molecule is CCCNc1nccc(NC(C)(C)COc2cccc3c2C(N)=NS(=O)(=O)C3)n1. The number of nitrogens with one attached hydrogen (secondary N) is 2. The number of aromatic nitrogens is 2. The van der Waals surface area contributed by atoms with Crippen LogP contribution in [0.15, 0.2) is 34.9 Å². The summed E-state index contributed by atoms with van der Waals surface area (Å²) in [5.74, 6) is 1.51. The number of nitrogens with two attached hydrogens (primary N) is 1. The first-order valence-corrected chi connectivity index (χ1v) is 11.0. The standard InChI is InChI=1S/C19H26N6O3S/c1-4-9-21-18-22-10-8-15(23-18)24-19(2,3)12-28-14-7-5-6-13-11-29(26,27)25-17(20)16(13)14/h5-8,10H,4,9,11-12H2,1-3H3,(H2,20,25)(H2,21,22,23,24). The van der Waals surface area contributed by atoms with Gasteiger partial charge in [-0.25, -0.2) is 13.4 Å². The van der Waals surface area contributed by atoms with Gasteiger partial charge in [-0.05, 0) is 38.0 Å². The van der Waals surface area contributed by atoms with E-state index in [0.717, 1.165) is 13.0 Å². The highest BCUT2D eigenvalue weighted by atomic mass is 32.2. The van der Waals surface area contributed by atoms with E-state index in [1.165, 1.54) is 0 Å². The van der Waals surface area contributed by atoms with Crippen molar-refractivity contribution in [1.82, 2.24) is 9.97 Å². The number of benzene rings is 1. The Morgan fingerprint density at radius 2 is 2.07 bits per heavy atom. The molecule has 2 aromatic rings. The third kappa shape index (κ3) is 5.35. The van der Waals surface area contributed by atoms with Gasteiger partial charge < -0.3 is 21.1 Å². The average Bonchev–Trinajstić information content (AvgIpc) is 2.63. The quantitative estimate of drug-likeness (QED) is 0.594. The topological polar surface area (TPSA) is 132 Å². The van der Waals surface area contributed by atoms with Gasteiger partial charge in [-0.15, -0.1) is 4.40 Å². The summed E-state index contributed by atoms with van der Waals surface area (Å²) in [7, 11) is -3.58. The first-order chi connectivity index (χ1) is 13.7. The minimum absolute atomic E-state index is 0.0462. The Balaban J connectivity index is 1.72. The molecular formula is C19H26N6O3S. The van der Waals surface area contributed by atoms with E-state index in [4.69, 9.17) is 10.5 Å². The maximum absolute atomic E-state index is 11.8. The highest BCUT2D eigenvalue weighted by molar-refractivity contribution is 7.89. The molecule has 9 nitrogen and oxygen atoms in total. The van der Waals surface area contributed by atoms with Crippen LogP contribution in [0.1, 0.15) is 38.3 Å². The van der Waals surface area contributed by atoms with Gasteiger partial charge in [0.2, 0.25) is 5.95 Å². The Labute approximate surface area is 170 Å². The van der Waals surface area contributed by atoms with E-state index < -0.39 is 15.6 Å². The molecule has 0 amide bonds. The van der Waals surface area contributed by atoms with E-state index in [0.29, 0.717) is 35.2 Å². The molecule has 29 heavy (non-hydrogen) atoms. The zero-order chi connectivity index (χ0) is 21.1. The molecule has 4 N–H and O–H groups in total. The molecule has 0 unspecified atom stereocenters. The van der Waals surface area contributed by atoms with Crippen LogP contribution in [0.3, 0.4) is 0 Å². The number of nitrogens with zero attached hydrogens (tertiary/aromatic N) is 3. The predicted octanol–water partition coefficient (Wildman–Crippen LogP) is 2.12. The second-order valence-corrected chi connectivity index (χ2v) is 9.12. The number of sulfonamides is 1. The molecule has 0 aliphatic carbocycles. The molecule has 1 aliphatic rings. The van der Waals surface area contributed by atoms with Gasteiger partial charge in [0.05, 0.1) is 16.9 Å². The van der Waals surface area contributed by atoms with Crippen molar-refractivity contribution in [2.24, 2.45) is 10.1 Å². The van der Waals surface area contributed by atoms with Gasteiger partial charge in [-0.2, -0.15) is 4.98 Å². The summed E-state index contributed by atoms with van der Waals surface area (Å²) in [6.07, 6.45) is 2.67. The molecule has 10 heteroatoms. The molecule has 3 rings (SSSR count). The molecule has 1 aromatic carbocycles. The molecule has 0 radical (unpaired) electrons. The summed E-state index contributed by atoms with van der Waals surface area (Å²) in [5.41, 5.74) is 6.55. The van der Waals surface area contributed by atoms with Crippen molar-refractivity contribution in [2.45, 2.75) is 38.5 Å². The second-order valence-electron chi connectivity index (χ2n) is 7.48. The molecule has 156 valence electrons. The van der Waals surface area contributed by atoms with Gasteiger partial charge in [-0.3, -0.25) is 0 Å². The monoisotopic (exact) mass is 418 g/mol. The summed E-state index contributed by atoms with van der Waals surface area (Å²) >= 11 is 0. The van der Waals surface area contributed by atoms with E-state index >= 15 is 0 Å². The fraction of sp³-hybridized carbons (Fsp3) is 0.421. The van der Waals surface area contributed by atoms with Crippen molar-refractivity contribution in [3.8, 4) is 5.75 Å². The highest BCUT2D eigenvalue weighted by Crippen LogP contribution is 2.29. The summed E-state index contributed by atoms with van der Waals surface area (Å²) < 4.78 is 33.2. The van der Waals surface area contributed by atoms with Gasteiger partial charge in [0.25, 0.3) is 10.0 Å². The summed E-state index contributed by atoms with van der Waals surface area (Å²) in [6.45, 7) is 7.13. The van der Waals surface area contributed by atoms with Gasteiger partial charge >= 0.3 is 0 Å². The van der Waals surface area contributed by atoms with Gasteiger partial charge in [0.1, 0.15) is 24.0 Å².